The zero-order valence-corrected chi connectivity index (χ0v) is 21.8. The number of thiophene rings is 2. The molecule has 0 N–H and O–H groups in total. The summed E-state index contributed by atoms with van der Waals surface area (Å²) in [6, 6.07) is 40.3. The third-order valence-electron chi connectivity index (χ3n) is 6.94. The Kier molecular flexibility index (Phi) is 4.87. The van der Waals surface area contributed by atoms with Crippen LogP contribution in [0.2, 0.25) is 0 Å². The zero-order valence-electron chi connectivity index (χ0n) is 20.1. The summed E-state index contributed by atoms with van der Waals surface area (Å²) in [4.78, 5) is 14.9. The number of aromatic nitrogens is 3. The fraction of sp³-hybridized carbons (Fsp3) is 0. The van der Waals surface area contributed by atoms with Gasteiger partial charge in [-0.05, 0) is 24.3 Å². The maximum Gasteiger partial charge on any atom is 0.164 e. The van der Waals surface area contributed by atoms with Gasteiger partial charge in [0.2, 0.25) is 0 Å². The van der Waals surface area contributed by atoms with Gasteiger partial charge in [0.25, 0.3) is 0 Å². The topological polar surface area (TPSA) is 38.7 Å². The molecule has 0 atom stereocenters. The molecule has 5 heteroatoms. The Hall–Kier alpha value is -4.45. The monoisotopic (exact) mass is 521 g/mol. The highest BCUT2D eigenvalue weighted by atomic mass is 32.1. The molecule has 5 aromatic carbocycles. The van der Waals surface area contributed by atoms with E-state index in [9.17, 15) is 0 Å². The minimum atomic E-state index is 0.679. The number of nitrogens with zero attached hydrogens (tertiary/aromatic N) is 3. The first kappa shape index (κ1) is 21.6. The highest BCUT2D eigenvalue weighted by Crippen LogP contribution is 2.38. The minimum absolute atomic E-state index is 0.679. The van der Waals surface area contributed by atoms with Gasteiger partial charge in [-0.1, -0.05) is 91.0 Å². The molecule has 0 bridgehead atoms. The molecule has 3 nitrogen and oxygen atoms in total. The van der Waals surface area contributed by atoms with Gasteiger partial charge in [0.15, 0.2) is 17.5 Å². The van der Waals surface area contributed by atoms with Gasteiger partial charge in [-0.15, -0.1) is 22.7 Å². The second kappa shape index (κ2) is 8.55. The van der Waals surface area contributed by atoms with E-state index in [1.807, 2.05) is 30.3 Å². The van der Waals surface area contributed by atoms with Crippen molar-refractivity contribution in [1.82, 2.24) is 15.0 Å². The molecular formula is C33H19N3S2. The molecule has 178 valence electrons. The van der Waals surface area contributed by atoms with Crippen LogP contribution in [0, 0.1) is 0 Å². The summed E-state index contributed by atoms with van der Waals surface area (Å²) in [7, 11) is 0. The number of hydrogen-bond donors (Lipinski definition) is 0. The Balaban J connectivity index is 1.33. The smallest absolute Gasteiger partial charge is 0.164 e. The average Bonchev–Trinajstić information content (AvgIpc) is 3.54. The number of rotatable bonds is 3. The van der Waals surface area contributed by atoms with Crippen LogP contribution >= 0.6 is 22.7 Å². The van der Waals surface area contributed by atoms with Gasteiger partial charge in [-0.2, -0.15) is 0 Å². The molecule has 0 spiro atoms. The van der Waals surface area contributed by atoms with Gasteiger partial charge in [-0.25, -0.2) is 15.0 Å². The molecule has 3 aromatic heterocycles. The second-order valence-corrected chi connectivity index (χ2v) is 11.5. The van der Waals surface area contributed by atoms with Crippen molar-refractivity contribution in [2.75, 3.05) is 0 Å². The van der Waals surface area contributed by atoms with Crippen molar-refractivity contribution in [3.8, 4) is 34.2 Å². The van der Waals surface area contributed by atoms with E-state index < -0.39 is 0 Å². The first-order valence-corrected chi connectivity index (χ1v) is 14.1. The Morgan fingerprint density at radius 3 is 1.29 bits per heavy atom. The molecular weight excluding hydrogens is 503 g/mol. The molecule has 0 amide bonds. The highest BCUT2D eigenvalue weighted by molar-refractivity contribution is 7.26. The van der Waals surface area contributed by atoms with Gasteiger partial charge in [-0.3, -0.25) is 0 Å². The van der Waals surface area contributed by atoms with E-state index in [-0.39, 0.29) is 0 Å². The predicted molar refractivity (Wildman–Crippen MR) is 162 cm³/mol. The lowest BCUT2D eigenvalue weighted by molar-refractivity contribution is 1.08. The number of fused-ring (bicyclic) bond motifs is 6. The van der Waals surface area contributed by atoms with Crippen molar-refractivity contribution >= 4 is 63.0 Å². The van der Waals surface area contributed by atoms with Crippen LogP contribution in [0.3, 0.4) is 0 Å². The Bertz CT molecular complexity index is 2010. The van der Waals surface area contributed by atoms with E-state index in [2.05, 4.69) is 84.9 Å². The first-order chi connectivity index (χ1) is 18.8. The average molecular weight is 522 g/mol. The SMILES string of the molecule is c1ccc(-c2nc(-c3ccc4c(c3)sc3ccccc34)nc(-c3ccc4c(c3)sc3ccccc34)n2)cc1. The lowest BCUT2D eigenvalue weighted by atomic mass is 10.1. The third-order valence-corrected chi connectivity index (χ3v) is 9.21. The standard InChI is InChI=1S/C33H19N3S2/c1-2-8-20(9-3-1)31-34-32(21-14-16-25-23-10-4-6-12-27(23)37-29(25)18-21)36-33(35-31)22-15-17-26-24-11-5-7-13-28(24)38-30(26)19-22/h1-19H. The van der Waals surface area contributed by atoms with Gasteiger partial charge >= 0.3 is 0 Å². The third kappa shape index (κ3) is 3.51. The van der Waals surface area contributed by atoms with Crippen LogP contribution in [-0.4, -0.2) is 15.0 Å². The predicted octanol–water partition coefficient (Wildman–Crippen LogP) is 9.61. The van der Waals surface area contributed by atoms with Gasteiger partial charge in [0.1, 0.15) is 0 Å². The summed E-state index contributed by atoms with van der Waals surface area (Å²) in [5.41, 5.74) is 2.96. The van der Waals surface area contributed by atoms with Crippen LogP contribution in [0.5, 0.6) is 0 Å². The molecule has 0 unspecified atom stereocenters. The van der Waals surface area contributed by atoms with Crippen molar-refractivity contribution in [1.29, 1.82) is 0 Å². The fourth-order valence-corrected chi connectivity index (χ4v) is 7.37. The van der Waals surface area contributed by atoms with Crippen LogP contribution in [-0.2, 0) is 0 Å². The molecule has 0 saturated heterocycles. The molecule has 0 radical (unpaired) electrons. The van der Waals surface area contributed by atoms with E-state index >= 15 is 0 Å². The first-order valence-electron chi connectivity index (χ1n) is 12.4. The van der Waals surface area contributed by atoms with Gasteiger partial charge < -0.3 is 0 Å². The molecule has 38 heavy (non-hydrogen) atoms. The molecule has 0 aliphatic carbocycles. The van der Waals surface area contributed by atoms with Crippen molar-refractivity contribution in [2.45, 2.75) is 0 Å². The summed E-state index contributed by atoms with van der Waals surface area (Å²) in [6.45, 7) is 0. The van der Waals surface area contributed by atoms with E-state index in [1.54, 1.807) is 22.7 Å². The summed E-state index contributed by atoms with van der Waals surface area (Å²) in [5.74, 6) is 2.05. The largest absolute Gasteiger partial charge is 0.208 e. The van der Waals surface area contributed by atoms with E-state index in [4.69, 9.17) is 15.0 Å². The normalized spacial score (nSPS) is 11.7. The summed E-state index contributed by atoms with van der Waals surface area (Å²) < 4.78 is 5.05. The minimum Gasteiger partial charge on any atom is -0.208 e. The fourth-order valence-electron chi connectivity index (χ4n) is 5.08. The molecule has 8 rings (SSSR count). The lowest BCUT2D eigenvalue weighted by Crippen LogP contribution is -2.00. The van der Waals surface area contributed by atoms with Crippen LogP contribution in [0.4, 0.5) is 0 Å². The maximum atomic E-state index is 5.01. The molecule has 0 saturated carbocycles. The summed E-state index contributed by atoms with van der Waals surface area (Å²) in [6.07, 6.45) is 0. The summed E-state index contributed by atoms with van der Waals surface area (Å²) in [5, 5.41) is 5.11. The van der Waals surface area contributed by atoms with Crippen LogP contribution < -0.4 is 0 Å². The van der Waals surface area contributed by atoms with Crippen LogP contribution in [0.1, 0.15) is 0 Å². The number of benzene rings is 5. The lowest BCUT2D eigenvalue weighted by Gasteiger charge is -2.09. The molecule has 8 aromatic rings. The van der Waals surface area contributed by atoms with Gasteiger partial charge in [0.05, 0.1) is 0 Å². The van der Waals surface area contributed by atoms with Crippen molar-refractivity contribution < 1.29 is 0 Å². The summed E-state index contributed by atoms with van der Waals surface area (Å²) >= 11 is 3.61. The van der Waals surface area contributed by atoms with E-state index in [0.29, 0.717) is 17.5 Å². The molecule has 0 aliphatic rings. The van der Waals surface area contributed by atoms with Crippen molar-refractivity contribution in [2.24, 2.45) is 0 Å². The van der Waals surface area contributed by atoms with Gasteiger partial charge in [0, 0.05) is 57.0 Å². The van der Waals surface area contributed by atoms with E-state index in [0.717, 1.165) is 16.7 Å². The van der Waals surface area contributed by atoms with Crippen LogP contribution in [0.25, 0.3) is 74.5 Å². The highest BCUT2D eigenvalue weighted by Gasteiger charge is 2.15. The Morgan fingerprint density at radius 1 is 0.342 bits per heavy atom. The number of hydrogen-bond acceptors (Lipinski definition) is 5. The van der Waals surface area contributed by atoms with Crippen molar-refractivity contribution in [3.63, 3.8) is 0 Å². The maximum absolute atomic E-state index is 5.01. The Morgan fingerprint density at radius 2 is 0.763 bits per heavy atom. The molecule has 0 fully saturated rings. The molecule has 0 aliphatic heterocycles. The van der Waals surface area contributed by atoms with Crippen molar-refractivity contribution in [3.05, 3.63) is 115 Å². The second-order valence-electron chi connectivity index (χ2n) is 9.29. The Labute approximate surface area is 226 Å². The zero-order chi connectivity index (χ0) is 25.1. The van der Waals surface area contributed by atoms with Crippen LogP contribution in [0.15, 0.2) is 115 Å². The van der Waals surface area contributed by atoms with E-state index in [1.165, 1.54) is 40.3 Å². The molecule has 3 heterocycles. The quantitative estimate of drug-likeness (QED) is 0.232.